The first-order chi connectivity index (χ1) is 18.1. The van der Waals surface area contributed by atoms with E-state index in [1.165, 1.54) is 17.0 Å². The van der Waals surface area contributed by atoms with Gasteiger partial charge in [0.25, 0.3) is 10.0 Å². The fourth-order valence-electron chi connectivity index (χ4n) is 4.12. The first-order valence-electron chi connectivity index (χ1n) is 12.2. The van der Waals surface area contributed by atoms with Crippen LogP contribution >= 0.6 is 23.2 Å². The summed E-state index contributed by atoms with van der Waals surface area (Å²) in [5, 5.41) is 3.46. The molecule has 0 aliphatic carbocycles. The molecule has 0 aliphatic rings. The fraction of sp³-hybridized carbons (Fsp3) is 0.286. The molecule has 2 amide bonds. The Balaban J connectivity index is 2.07. The molecule has 0 saturated carbocycles. The van der Waals surface area contributed by atoms with E-state index in [0.717, 1.165) is 4.31 Å². The number of hydrogen-bond acceptors (Lipinski definition) is 4. The number of anilines is 1. The number of para-hydroxylation sites is 1. The summed E-state index contributed by atoms with van der Waals surface area (Å²) in [4.78, 5) is 28.4. The van der Waals surface area contributed by atoms with Crippen molar-refractivity contribution in [3.8, 4) is 0 Å². The molecule has 0 aliphatic heterocycles. The number of amides is 2. The Morgan fingerprint density at radius 2 is 1.58 bits per heavy atom. The van der Waals surface area contributed by atoms with E-state index in [2.05, 4.69) is 5.32 Å². The molecule has 3 rings (SSSR count). The van der Waals surface area contributed by atoms with E-state index < -0.39 is 28.5 Å². The molecule has 3 aromatic rings. The van der Waals surface area contributed by atoms with E-state index >= 15 is 0 Å². The third-order valence-corrected chi connectivity index (χ3v) is 8.58. The Labute approximate surface area is 234 Å². The number of sulfonamides is 1. The molecule has 0 fully saturated rings. The summed E-state index contributed by atoms with van der Waals surface area (Å²) in [7, 11) is -4.11. The molecule has 38 heavy (non-hydrogen) atoms. The number of aryl methyl sites for hydroxylation is 1. The minimum Gasteiger partial charge on any atom is -0.355 e. The van der Waals surface area contributed by atoms with Crippen molar-refractivity contribution in [2.24, 2.45) is 0 Å². The maximum Gasteiger partial charge on any atom is 0.264 e. The normalized spacial score (nSPS) is 12.0. The third-order valence-electron chi connectivity index (χ3n) is 6.07. The highest BCUT2D eigenvalue weighted by atomic mass is 35.5. The highest BCUT2D eigenvalue weighted by Gasteiger charge is 2.34. The van der Waals surface area contributed by atoms with Crippen LogP contribution in [0.15, 0.2) is 77.7 Å². The van der Waals surface area contributed by atoms with Crippen molar-refractivity contribution in [3.63, 3.8) is 0 Å². The van der Waals surface area contributed by atoms with Gasteiger partial charge in [0, 0.05) is 13.1 Å². The van der Waals surface area contributed by atoms with Crippen LogP contribution in [0.2, 0.25) is 10.0 Å². The van der Waals surface area contributed by atoms with Gasteiger partial charge in [-0.15, -0.1) is 0 Å². The van der Waals surface area contributed by atoms with E-state index in [1.54, 1.807) is 81.4 Å². The van der Waals surface area contributed by atoms with E-state index in [0.29, 0.717) is 39.8 Å². The van der Waals surface area contributed by atoms with Crippen molar-refractivity contribution in [2.45, 2.75) is 44.7 Å². The predicted octanol–water partition coefficient (Wildman–Crippen LogP) is 5.44. The topological polar surface area (TPSA) is 86.8 Å². The lowest BCUT2D eigenvalue weighted by Gasteiger charge is -2.33. The van der Waals surface area contributed by atoms with Crippen molar-refractivity contribution in [2.75, 3.05) is 17.4 Å². The van der Waals surface area contributed by atoms with Crippen LogP contribution in [0.5, 0.6) is 0 Å². The average molecular weight is 577 g/mol. The number of nitrogens with zero attached hydrogens (tertiary/aromatic N) is 2. The van der Waals surface area contributed by atoms with E-state index in [-0.39, 0.29) is 17.3 Å². The van der Waals surface area contributed by atoms with Gasteiger partial charge in [0.2, 0.25) is 11.8 Å². The average Bonchev–Trinajstić information content (AvgIpc) is 2.90. The second kappa shape index (κ2) is 13.1. The number of benzene rings is 3. The molecule has 7 nitrogen and oxygen atoms in total. The molecule has 10 heteroatoms. The molecule has 1 atom stereocenters. The molecule has 202 valence electrons. The monoisotopic (exact) mass is 575 g/mol. The summed E-state index contributed by atoms with van der Waals surface area (Å²) in [5.41, 5.74) is 1.72. The molecule has 0 radical (unpaired) electrons. The van der Waals surface area contributed by atoms with Gasteiger partial charge in [0.15, 0.2) is 0 Å². The highest BCUT2D eigenvalue weighted by Crippen LogP contribution is 2.28. The summed E-state index contributed by atoms with van der Waals surface area (Å²) in [6.07, 6.45) is 0.328. The Kier molecular flexibility index (Phi) is 10.2. The number of carbonyl (C=O) groups is 2. The lowest BCUT2D eigenvalue weighted by molar-refractivity contribution is -0.140. The molecule has 0 aromatic heterocycles. The number of carbonyl (C=O) groups excluding carboxylic acids is 2. The molecule has 0 saturated heterocycles. The van der Waals surface area contributed by atoms with Gasteiger partial charge in [-0.05, 0) is 61.7 Å². The minimum absolute atomic E-state index is 0.0400. The zero-order valence-electron chi connectivity index (χ0n) is 21.5. The fourth-order valence-corrected chi connectivity index (χ4v) is 5.94. The molecule has 0 unspecified atom stereocenters. The third kappa shape index (κ3) is 6.87. The Morgan fingerprint density at radius 1 is 0.921 bits per heavy atom. The maximum atomic E-state index is 14.0. The molecule has 0 spiro atoms. The van der Waals surface area contributed by atoms with Crippen LogP contribution in [-0.4, -0.2) is 44.3 Å². The first kappa shape index (κ1) is 29.5. The number of rotatable bonds is 11. The standard InChI is InChI=1S/C28H31Cl2N3O4S/c1-4-25(28(35)31-5-2)32(18-21-15-16-23(29)24(30)17-21)27(34)19-33(26-14-10-9-11-20(26)3)38(36,37)22-12-7-6-8-13-22/h6-17,25H,4-5,18-19H2,1-3H3,(H,31,35)/t25-/m1/s1. The number of likely N-dealkylation sites (N-methyl/N-ethyl adjacent to an activating group) is 1. The van der Waals surface area contributed by atoms with Crippen LogP contribution in [0.4, 0.5) is 5.69 Å². The zero-order chi connectivity index (χ0) is 27.9. The first-order valence-corrected chi connectivity index (χ1v) is 14.4. The Bertz CT molecular complexity index is 1380. The van der Waals surface area contributed by atoms with Gasteiger partial charge in [-0.1, -0.05) is 72.6 Å². The van der Waals surface area contributed by atoms with Crippen molar-refractivity contribution >= 4 is 50.7 Å². The maximum absolute atomic E-state index is 14.0. The van der Waals surface area contributed by atoms with E-state index in [9.17, 15) is 18.0 Å². The summed E-state index contributed by atoms with van der Waals surface area (Å²) < 4.78 is 28.7. The molecule has 0 heterocycles. The minimum atomic E-state index is -4.11. The van der Waals surface area contributed by atoms with Gasteiger partial charge >= 0.3 is 0 Å². The molecule has 3 aromatic carbocycles. The number of nitrogens with one attached hydrogen (secondary N) is 1. The largest absolute Gasteiger partial charge is 0.355 e. The second-order valence-corrected chi connectivity index (χ2v) is 11.4. The van der Waals surface area contributed by atoms with Crippen LogP contribution < -0.4 is 9.62 Å². The lowest BCUT2D eigenvalue weighted by atomic mass is 10.1. The SMILES string of the molecule is CCNC(=O)[C@@H](CC)N(Cc1ccc(Cl)c(Cl)c1)C(=O)CN(c1ccccc1C)S(=O)(=O)c1ccccc1. The highest BCUT2D eigenvalue weighted by molar-refractivity contribution is 7.92. The van der Waals surface area contributed by atoms with Gasteiger partial charge in [0.1, 0.15) is 12.6 Å². The number of halogens is 2. The van der Waals surface area contributed by atoms with Gasteiger partial charge < -0.3 is 10.2 Å². The van der Waals surface area contributed by atoms with Gasteiger partial charge in [0.05, 0.1) is 20.6 Å². The van der Waals surface area contributed by atoms with Crippen molar-refractivity contribution in [3.05, 3.63) is 94.0 Å². The zero-order valence-corrected chi connectivity index (χ0v) is 23.9. The van der Waals surface area contributed by atoms with Crippen LogP contribution in [0.25, 0.3) is 0 Å². The van der Waals surface area contributed by atoms with Crippen molar-refractivity contribution < 1.29 is 18.0 Å². The van der Waals surface area contributed by atoms with Crippen molar-refractivity contribution in [1.29, 1.82) is 0 Å². The van der Waals surface area contributed by atoms with Crippen LogP contribution in [0.1, 0.15) is 31.4 Å². The van der Waals surface area contributed by atoms with E-state index in [1.807, 2.05) is 0 Å². The molecular weight excluding hydrogens is 545 g/mol. The molecule has 1 N–H and O–H groups in total. The molecular formula is C28H31Cl2N3O4S. The van der Waals surface area contributed by atoms with E-state index in [4.69, 9.17) is 23.2 Å². The summed E-state index contributed by atoms with van der Waals surface area (Å²) in [6, 6.07) is 19.1. The summed E-state index contributed by atoms with van der Waals surface area (Å²) >= 11 is 12.3. The number of hydrogen-bond donors (Lipinski definition) is 1. The Hall–Kier alpha value is -3.07. The second-order valence-electron chi connectivity index (χ2n) is 8.70. The van der Waals surface area contributed by atoms with Crippen LogP contribution in [0, 0.1) is 6.92 Å². The lowest BCUT2D eigenvalue weighted by Crippen LogP contribution is -2.52. The summed E-state index contributed by atoms with van der Waals surface area (Å²) in [5.74, 6) is -0.853. The quantitative estimate of drug-likeness (QED) is 0.330. The van der Waals surface area contributed by atoms with Gasteiger partial charge in [-0.2, -0.15) is 0 Å². The predicted molar refractivity (Wildman–Crippen MR) is 152 cm³/mol. The van der Waals surface area contributed by atoms with Gasteiger partial charge in [-0.25, -0.2) is 8.42 Å². The van der Waals surface area contributed by atoms with Crippen LogP contribution in [-0.2, 0) is 26.2 Å². The van der Waals surface area contributed by atoms with Crippen molar-refractivity contribution in [1.82, 2.24) is 10.2 Å². The summed E-state index contributed by atoms with van der Waals surface area (Å²) in [6.45, 7) is 5.31. The smallest absolute Gasteiger partial charge is 0.264 e. The van der Waals surface area contributed by atoms with Gasteiger partial charge in [-0.3, -0.25) is 13.9 Å². The van der Waals surface area contributed by atoms with Crippen LogP contribution in [0.3, 0.4) is 0 Å². The molecule has 0 bridgehead atoms. The Morgan fingerprint density at radius 3 is 2.18 bits per heavy atom.